The molecule has 0 spiro atoms. The highest BCUT2D eigenvalue weighted by atomic mass is 35.5. The number of hydrogen-bond donors (Lipinski definition) is 1. The molecule has 190 valence electrons. The first-order chi connectivity index (χ1) is 17.2. The molecule has 1 amide bonds. The highest BCUT2D eigenvalue weighted by Gasteiger charge is 2.50. The van der Waals surface area contributed by atoms with Gasteiger partial charge in [0.15, 0.2) is 5.60 Å². The minimum Gasteiger partial charge on any atom is -0.445 e. The molecule has 0 radical (unpaired) electrons. The fourth-order valence-corrected chi connectivity index (χ4v) is 5.36. The molecule has 1 heterocycles. The van der Waals surface area contributed by atoms with Gasteiger partial charge in [-0.25, -0.2) is 4.79 Å². The van der Waals surface area contributed by atoms with Crippen LogP contribution in [0.25, 0.3) is 11.3 Å². The van der Waals surface area contributed by atoms with E-state index in [2.05, 4.69) is 36.3 Å². The van der Waals surface area contributed by atoms with Crippen LogP contribution in [0.5, 0.6) is 0 Å². The Morgan fingerprint density at radius 1 is 1.06 bits per heavy atom. The number of halogens is 1. The van der Waals surface area contributed by atoms with Crippen LogP contribution in [-0.2, 0) is 16.0 Å². The van der Waals surface area contributed by atoms with Crippen molar-refractivity contribution in [3.63, 3.8) is 0 Å². The first-order valence-electron chi connectivity index (χ1n) is 12.1. The van der Waals surface area contributed by atoms with Crippen LogP contribution in [0.15, 0.2) is 59.1 Å². The summed E-state index contributed by atoms with van der Waals surface area (Å²) in [5.41, 5.74) is 6.58. The molecule has 3 aromatic rings. The van der Waals surface area contributed by atoms with E-state index in [0.29, 0.717) is 36.3 Å². The molecule has 0 bridgehead atoms. The Morgan fingerprint density at radius 2 is 1.69 bits per heavy atom. The Kier molecular flexibility index (Phi) is 7.52. The zero-order valence-corrected chi connectivity index (χ0v) is 21.7. The summed E-state index contributed by atoms with van der Waals surface area (Å²) >= 11 is 6.34. The van der Waals surface area contributed by atoms with Gasteiger partial charge in [-0.3, -0.25) is 4.79 Å². The van der Waals surface area contributed by atoms with Gasteiger partial charge in [-0.15, -0.1) is 0 Å². The van der Waals surface area contributed by atoms with Crippen LogP contribution in [0, 0.1) is 6.92 Å². The molecule has 0 aliphatic heterocycles. The van der Waals surface area contributed by atoms with Crippen molar-refractivity contribution in [3.05, 3.63) is 76.5 Å². The SMILES string of the molecule is Cc1onc(-c2ccccc2Cl)c1C(=O)OC1(C(N)=O)CCC(CCc2ccccc2)(N(C)C)CC1. The summed E-state index contributed by atoms with van der Waals surface area (Å²) in [6.07, 6.45) is 3.86. The maximum Gasteiger partial charge on any atom is 0.345 e. The lowest BCUT2D eigenvalue weighted by atomic mass is 9.70. The molecule has 2 aromatic carbocycles. The average Bonchev–Trinajstić information content (AvgIpc) is 3.25. The molecule has 7 nitrogen and oxygen atoms in total. The second-order valence-corrected chi connectivity index (χ2v) is 10.2. The van der Waals surface area contributed by atoms with Crippen molar-refractivity contribution in [2.24, 2.45) is 5.73 Å². The van der Waals surface area contributed by atoms with Gasteiger partial charge in [0.1, 0.15) is 17.0 Å². The Labute approximate surface area is 216 Å². The zero-order valence-electron chi connectivity index (χ0n) is 20.9. The van der Waals surface area contributed by atoms with Crippen molar-refractivity contribution < 1.29 is 18.8 Å². The molecule has 2 N–H and O–H groups in total. The van der Waals surface area contributed by atoms with Gasteiger partial charge in [0.2, 0.25) is 0 Å². The monoisotopic (exact) mass is 509 g/mol. The molecule has 8 heteroatoms. The number of hydrogen-bond acceptors (Lipinski definition) is 6. The number of aryl methyl sites for hydroxylation is 2. The van der Waals surface area contributed by atoms with Gasteiger partial charge in [0.25, 0.3) is 5.91 Å². The van der Waals surface area contributed by atoms with E-state index in [0.717, 1.165) is 12.8 Å². The predicted molar refractivity (Wildman–Crippen MR) is 139 cm³/mol. The summed E-state index contributed by atoms with van der Waals surface area (Å²) in [6.45, 7) is 1.63. The Bertz CT molecular complexity index is 1230. The number of nitrogens with two attached hydrogens (primary N) is 1. The van der Waals surface area contributed by atoms with Crippen molar-refractivity contribution in [1.82, 2.24) is 10.1 Å². The number of carbonyl (C=O) groups excluding carboxylic acids is 2. The van der Waals surface area contributed by atoms with Crippen molar-refractivity contribution in [3.8, 4) is 11.3 Å². The lowest BCUT2D eigenvalue weighted by Crippen LogP contribution is -2.57. The van der Waals surface area contributed by atoms with E-state index in [4.69, 9.17) is 26.6 Å². The second kappa shape index (κ2) is 10.4. The number of ether oxygens (including phenoxy) is 1. The Hall–Kier alpha value is -3.16. The fraction of sp³-hybridized carbons (Fsp3) is 0.393. The smallest absolute Gasteiger partial charge is 0.345 e. The highest BCUT2D eigenvalue weighted by molar-refractivity contribution is 6.33. The van der Waals surface area contributed by atoms with E-state index in [1.54, 1.807) is 31.2 Å². The van der Waals surface area contributed by atoms with Crippen LogP contribution < -0.4 is 5.73 Å². The number of benzene rings is 2. The maximum atomic E-state index is 13.4. The molecular weight excluding hydrogens is 478 g/mol. The summed E-state index contributed by atoms with van der Waals surface area (Å²) < 4.78 is 11.2. The molecule has 1 aromatic heterocycles. The molecule has 1 aliphatic rings. The maximum absolute atomic E-state index is 13.4. The van der Waals surface area contributed by atoms with Crippen molar-refractivity contribution in [2.45, 2.75) is 56.6 Å². The number of aromatic nitrogens is 1. The van der Waals surface area contributed by atoms with E-state index in [9.17, 15) is 9.59 Å². The largest absolute Gasteiger partial charge is 0.445 e. The Morgan fingerprint density at radius 3 is 2.31 bits per heavy atom. The number of carbonyl (C=O) groups is 2. The molecule has 0 saturated heterocycles. The molecule has 4 rings (SSSR count). The van der Waals surface area contributed by atoms with E-state index in [-0.39, 0.29) is 22.6 Å². The fourth-order valence-electron chi connectivity index (χ4n) is 5.14. The minimum atomic E-state index is -1.40. The van der Waals surface area contributed by atoms with Crippen LogP contribution in [0.1, 0.15) is 53.8 Å². The number of esters is 1. The first kappa shape index (κ1) is 25.9. The van der Waals surface area contributed by atoms with Crippen molar-refractivity contribution >= 4 is 23.5 Å². The topological polar surface area (TPSA) is 98.7 Å². The third kappa shape index (κ3) is 5.04. The van der Waals surface area contributed by atoms with Crippen molar-refractivity contribution in [2.75, 3.05) is 14.1 Å². The number of rotatable bonds is 8. The molecule has 1 fully saturated rings. The normalized spacial score (nSPS) is 21.9. The van der Waals surface area contributed by atoms with Crippen LogP contribution in [0.2, 0.25) is 5.02 Å². The predicted octanol–water partition coefficient (Wildman–Crippen LogP) is 5.19. The summed E-state index contributed by atoms with van der Waals surface area (Å²) in [4.78, 5) is 28.4. The van der Waals surface area contributed by atoms with Gasteiger partial charge in [0, 0.05) is 11.1 Å². The van der Waals surface area contributed by atoms with Gasteiger partial charge in [-0.05, 0) is 71.2 Å². The number of primary amides is 1. The first-order valence-corrected chi connectivity index (χ1v) is 12.5. The summed E-state index contributed by atoms with van der Waals surface area (Å²) in [6, 6.07) is 17.4. The third-order valence-electron chi connectivity index (χ3n) is 7.59. The molecule has 1 aliphatic carbocycles. The highest BCUT2D eigenvalue weighted by Crippen LogP contribution is 2.43. The third-order valence-corrected chi connectivity index (χ3v) is 7.92. The van der Waals surface area contributed by atoms with E-state index in [1.165, 1.54) is 5.56 Å². The van der Waals surface area contributed by atoms with Gasteiger partial charge < -0.3 is 19.9 Å². The lowest BCUT2D eigenvalue weighted by Gasteiger charge is -2.48. The average molecular weight is 510 g/mol. The molecule has 0 unspecified atom stereocenters. The van der Waals surface area contributed by atoms with Crippen LogP contribution in [-0.4, -0.2) is 47.2 Å². The van der Waals surface area contributed by atoms with Crippen LogP contribution in [0.3, 0.4) is 0 Å². The van der Waals surface area contributed by atoms with E-state index < -0.39 is 17.5 Å². The van der Waals surface area contributed by atoms with Gasteiger partial charge in [0.05, 0.1) is 5.02 Å². The van der Waals surface area contributed by atoms with E-state index in [1.807, 2.05) is 18.2 Å². The number of amides is 1. The van der Waals surface area contributed by atoms with E-state index >= 15 is 0 Å². The van der Waals surface area contributed by atoms with Gasteiger partial charge >= 0.3 is 5.97 Å². The van der Waals surface area contributed by atoms with Gasteiger partial charge in [-0.1, -0.05) is 65.3 Å². The van der Waals surface area contributed by atoms with Gasteiger partial charge in [-0.2, -0.15) is 0 Å². The summed E-state index contributed by atoms with van der Waals surface area (Å²) in [5, 5.41) is 4.47. The molecule has 1 saturated carbocycles. The summed E-state index contributed by atoms with van der Waals surface area (Å²) in [5.74, 6) is -1.04. The molecule has 0 atom stereocenters. The lowest BCUT2D eigenvalue weighted by molar-refractivity contribution is -0.144. The minimum absolute atomic E-state index is 0.128. The zero-order chi connectivity index (χ0) is 25.9. The standard InChI is InChI=1S/C28H32ClN3O4/c1-19-23(24(31-36-19)21-11-7-8-12-22(21)29)25(33)35-28(26(30)34)17-15-27(16-18-28,32(2)3)14-13-20-9-5-4-6-10-20/h4-12H,13-18H2,1-3H3,(H2,30,34). The summed E-state index contributed by atoms with van der Waals surface area (Å²) in [7, 11) is 4.12. The van der Waals surface area contributed by atoms with Crippen LogP contribution in [0.4, 0.5) is 0 Å². The number of nitrogens with zero attached hydrogens (tertiary/aromatic N) is 2. The quantitative estimate of drug-likeness (QED) is 0.419. The molecule has 36 heavy (non-hydrogen) atoms. The van der Waals surface area contributed by atoms with Crippen LogP contribution >= 0.6 is 11.6 Å². The Balaban J connectivity index is 1.55. The second-order valence-electron chi connectivity index (χ2n) is 9.79. The molecular formula is C28H32ClN3O4. The van der Waals surface area contributed by atoms with Crippen molar-refractivity contribution in [1.29, 1.82) is 0 Å².